The van der Waals surface area contributed by atoms with Crippen molar-refractivity contribution in [3.8, 4) is 5.75 Å². The summed E-state index contributed by atoms with van der Waals surface area (Å²) in [4.78, 5) is 26.4. The minimum Gasteiger partial charge on any atom is -0.483 e. The molecule has 0 aliphatic rings. The molecular weight excluding hydrogens is 368 g/mol. The van der Waals surface area contributed by atoms with Gasteiger partial charge in [0.15, 0.2) is 6.61 Å². The Morgan fingerprint density at radius 1 is 1.00 bits per heavy atom. The Morgan fingerprint density at radius 2 is 1.69 bits per heavy atom. The van der Waals surface area contributed by atoms with Crippen LogP contribution in [0.4, 0.5) is 5.69 Å². The molecule has 1 N–H and O–H groups in total. The molecule has 0 heterocycles. The highest BCUT2D eigenvalue weighted by molar-refractivity contribution is 5.93. The van der Waals surface area contributed by atoms with Crippen LogP contribution in [-0.2, 0) is 9.53 Å². The van der Waals surface area contributed by atoms with Gasteiger partial charge in [-0.1, -0.05) is 26.0 Å². The summed E-state index contributed by atoms with van der Waals surface area (Å²) in [5.41, 5.74) is 3.10. The van der Waals surface area contributed by atoms with Crippen LogP contribution in [0.5, 0.6) is 5.75 Å². The Balaban J connectivity index is 1.81. The molecule has 6 nitrogen and oxygen atoms in total. The quantitative estimate of drug-likeness (QED) is 0.616. The van der Waals surface area contributed by atoms with Crippen molar-refractivity contribution >= 4 is 17.6 Å². The van der Waals surface area contributed by atoms with E-state index in [2.05, 4.69) is 24.1 Å². The van der Waals surface area contributed by atoms with Crippen LogP contribution in [0.3, 0.4) is 0 Å². The molecule has 0 saturated heterocycles. The Bertz CT molecular complexity index is 814. The number of hydrogen-bond acceptors (Lipinski definition) is 5. The maximum atomic E-state index is 12.1. The molecule has 0 saturated carbocycles. The Hall–Kier alpha value is -2.86. The minimum absolute atomic E-state index is 0.0839. The monoisotopic (exact) mass is 398 g/mol. The molecule has 0 atom stereocenters. The van der Waals surface area contributed by atoms with Crippen molar-refractivity contribution in [2.24, 2.45) is 0 Å². The first-order valence-corrected chi connectivity index (χ1v) is 9.92. The van der Waals surface area contributed by atoms with Crippen LogP contribution in [0.2, 0.25) is 0 Å². The highest BCUT2D eigenvalue weighted by atomic mass is 16.5. The number of carbonyl (C=O) groups excluding carboxylic acids is 2. The molecular formula is C23H30N2O4. The minimum atomic E-state index is -0.367. The second-order valence-corrected chi connectivity index (χ2v) is 6.85. The molecule has 0 unspecified atom stereocenters. The van der Waals surface area contributed by atoms with Crippen molar-refractivity contribution in [1.82, 2.24) is 4.90 Å². The molecule has 2 rings (SSSR count). The summed E-state index contributed by atoms with van der Waals surface area (Å²) in [5, 5.41) is 2.76. The van der Waals surface area contributed by atoms with Gasteiger partial charge in [-0.3, -0.25) is 4.79 Å². The number of rotatable bonds is 10. The Morgan fingerprint density at radius 3 is 2.34 bits per heavy atom. The van der Waals surface area contributed by atoms with E-state index >= 15 is 0 Å². The van der Waals surface area contributed by atoms with Crippen LogP contribution in [-0.4, -0.2) is 49.6 Å². The number of esters is 1. The van der Waals surface area contributed by atoms with E-state index in [-0.39, 0.29) is 18.5 Å². The van der Waals surface area contributed by atoms with Gasteiger partial charge in [-0.15, -0.1) is 0 Å². The molecule has 0 bridgehead atoms. The molecule has 0 fully saturated rings. The number of anilines is 1. The normalized spacial score (nSPS) is 10.7. The SMILES string of the molecule is CCN(CC)CCOC(=O)c1ccc(NC(=O)COc2cc(C)ccc2C)cc1. The smallest absolute Gasteiger partial charge is 0.338 e. The summed E-state index contributed by atoms with van der Waals surface area (Å²) in [6, 6.07) is 12.5. The fraction of sp³-hybridized carbons (Fsp3) is 0.391. The maximum Gasteiger partial charge on any atom is 0.338 e. The predicted octanol–water partition coefficient (Wildman–Crippen LogP) is 3.82. The number of nitrogens with one attached hydrogen (secondary N) is 1. The first-order valence-electron chi connectivity index (χ1n) is 9.92. The fourth-order valence-corrected chi connectivity index (χ4v) is 2.78. The number of benzene rings is 2. The van der Waals surface area contributed by atoms with E-state index in [1.807, 2.05) is 32.0 Å². The molecule has 0 radical (unpaired) electrons. The topological polar surface area (TPSA) is 67.9 Å². The van der Waals surface area contributed by atoms with Gasteiger partial charge in [0.05, 0.1) is 5.56 Å². The highest BCUT2D eigenvalue weighted by Gasteiger charge is 2.10. The second kappa shape index (κ2) is 11.2. The summed E-state index contributed by atoms with van der Waals surface area (Å²) in [6.45, 7) is 10.9. The van der Waals surface area contributed by atoms with E-state index in [9.17, 15) is 9.59 Å². The molecule has 2 aromatic rings. The molecule has 0 aromatic heterocycles. The standard InChI is InChI=1S/C23H30N2O4/c1-5-25(6-2)13-14-28-23(27)19-9-11-20(12-10-19)24-22(26)16-29-21-15-17(3)7-8-18(21)4/h7-12,15H,5-6,13-14,16H2,1-4H3,(H,24,26). The fourth-order valence-electron chi connectivity index (χ4n) is 2.78. The first-order chi connectivity index (χ1) is 13.9. The number of likely N-dealkylation sites (N-methyl/N-ethyl adjacent to an activating group) is 1. The van der Waals surface area contributed by atoms with E-state index in [0.717, 1.165) is 24.2 Å². The van der Waals surface area contributed by atoms with Crippen molar-refractivity contribution < 1.29 is 19.1 Å². The number of ether oxygens (including phenoxy) is 2. The third kappa shape index (κ3) is 7.23. The Labute approximate surface area is 172 Å². The molecule has 2 aromatic carbocycles. The van der Waals surface area contributed by atoms with Crippen molar-refractivity contribution in [2.45, 2.75) is 27.7 Å². The lowest BCUT2D eigenvalue weighted by atomic mass is 10.1. The number of amides is 1. The zero-order valence-corrected chi connectivity index (χ0v) is 17.7. The lowest BCUT2D eigenvalue weighted by molar-refractivity contribution is -0.118. The summed E-state index contributed by atoms with van der Waals surface area (Å²) in [6.07, 6.45) is 0. The van der Waals surface area contributed by atoms with E-state index in [1.165, 1.54) is 0 Å². The third-order valence-corrected chi connectivity index (χ3v) is 4.64. The Kier molecular flexibility index (Phi) is 8.68. The van der Waals surface area contributed by atoms with E-state index in [4.69, 9.17) is 9.47 Å². The van der Waals surface area contributed by atoms with Gasteiger partial charge in [0.25, 0.3) is 5.91 Å². The number of nitrogens with zero attached hydrogens (tertiary/aromatic N) is 1. The average molecular weight is 399 g/mol. The third-order valence-electron chi connectivity index (χ3n) is 4.64. The van der Waals surface area contributed by atoms with Gasteiger partial charge < -0.3 is 19.7 Å². The molecule has 29 heavy (non-hydrogen) atoms. The summed E-state index contributed by atoms with van der Waals surface area (Å²) in [5.74, 6) is 0.0664. The van der Waals surface area contributed by atoms with Crippen molar-refractivity contribution in [2.75, 3.05) is 38.2 Å². The lowest BCUT2D eigenvalue weighted by Gasteiger charge is -2.17. The molecule has 156 valence electrons. The van der Waals surface area contributed by atoms with E-state index < -0.39 is 0 Å². The highest BCUT2D eigenvalue weighted by Crippen LogP contribution is 2.19. The van der Waals surface area contributed by atoms with Gasteiger partial charge in [-0.25, -0.2) is 4.79 Å². The second-order valence-electron chi connectivity index (χ2n) is 6.85. The van der Waals surface area contributed by atoms with Crippen LogP contribution in [0.25, 0.3) is 0 Å². The lowest BCUT2D eigenvalue weighted by Crippen LogP contribution is -2.27. The van der Waals surface area contributed by atoms with Crippen LogP contribution >= 0.6 is 0 Å². The maximum absolute atomic E-state index is 12.1. The number of hydrogen-bond donors (Lipinski definition) is 1. The van der Waals surface area contributed by atoms with Crippen LogP contribution < -0.4 is 10.1 Å². The first kappa shape index (κ1) is 22.4. The van der Waals surface area contributed by atoms with Gasteiger partial charge in [-0.2, -0.15) is 0 Å². The zero-order valence-electron chi connectivity index (χ0n) is 17.7. The van der Waals surface area contributed by atoms with Gasteiger partial charge >= 0.3 is 5.97 Å². The van der Waals surface area contributed by atoms with Gasteiger partial charge in [0, 0.05) is 12.2 Å². The molecule has 0 aliphatic heterocycles. The van der Waals surface area contributed by atoms with Crippen molar-refractivity contribution in [3.05, 3.63) is 59.2 Å². The summed E-state index contributed by atoms with van der Waals surface area (Å²) in [7, 11) is 0. The van der Waals surface area contributed by atoms with Crippen molar-refractivity contribution in [1.29, 1.82) is 0 Å². The average Bonchev–Trinajstić information content (AvgIpc) is 2.72. The molecule has 0 aliphatic carbocycles. The van der Waals surface area contributed by atoms with Crippen molar-refractivity contribution in [3.63, 3.8) is 0 Å². The largest absolute Gasteiger partial charge is 0.483 e. The van der Waals surface area contributed by atoms with Crippen LogP contribution in [0, 0.1) is 13.8 Å². The summed E-state index contributed by atoms with van der Waals surface area (Å²) < 4.78 is 10.9. The van der Waals surface area contributed by atoms with Gasteiger partial charge in [-0.05, 0) is 68.4 Å². The molecule has 0 spiro atoms. The van der Waals surface area contributed by atoms with Gasteiger partial charge in [0.2, 0.25) is 0 Å². The number of aryl methyl sites for hydroxylation is 2. The summed E-state index contributed by atoms with van der Waals surface area (Å²) >= 11 is 0. The number of carbonyl (C=O) groups is 2. The zero-order chi connectivity index (χ0) is 21.2. The van der Waals surface area contributed by atoms with Crippen LogP contribution in [0.1, 0.15) is 35.3 Å². The molecule has 1 amide bonds. The predicted molar refractivity (Wildman–Crippen MR) is 115 cm³/mol. The van der Waals surface area contributed by atoms with Gasteiger partial charge in [0.1, 0.15) is 12.4 Å². The van der Waals surface area contributed by atoms with Crippen LogP contribution in [0.15, 0.2) is 42.5 Å². The molecule has 6 heteroatoms. The van der Waals surface area contributed by atoms with E-state index in [0.29, 0.717) is 30.2 Å². The van der Waals surface area contributed by atoms with E-state index in [1.54, 1.807) is 24.3 Å².